The molecule has 0 N–H and O–H groups in total. The molecule has 0 amide bonds. The van der Waals surface area contributed by atoms with Crippen LogP contribution in [0.1, 0.15) is 113 Å². The van der Waals surface area contributed by atoms with Crippen molar-refractivity contribution < 1.29 is 107 Å². The van der Waals surface area contributed by atoms with Gasteiger partial charge in [0, 0.05) is 12.9 Å². The fraction of sp³-hybridized carbons (Fsp3) is 0.879. The molecule has 14 heteroatoms. The summed E-state index contributed by atoms with van der Waals surface area (Å²) in [6, 6.07) is 0. The largest absolute Gasteiger partial charge is 1.00 e. The Hall–Kier alpha value is -0.614. The summed E-state index contributed by atoms with van der Waals surface area (Å²) in [6.07, 6.45) is 3.59. The number of unbranched alkanes of at least 4 members (excludes halogenated alkanes) is 1. The molecule has 0 aromatic rings. The van der Waals surface area contributed by atoms with E-state index in [0.717, 1.165) is 25.7 Å². The number of hydrogen-bond acceptors (Lipinski definition) is 12. The van der Waals surface area contributed by atoms with E-state index in [1.807, 2.05) is 6.92 Å². The van der Waals surface area contributed by atoms with Crippen LogP contribution in [-0.4, -0.2) is 83.2 Å². The maximum absolute atomic E-state index is 14.1. The first kappa shape index (κ1) is 48.5. The molecule has 0 saturated carbocycles. The molecule has 0 aliphatic rings. The first-order valence-corrected chi connectivity index (χ1v) is 17.8. The number of esters is 4. The van der Waals surface area contributed by atoms with Crippen molar-refractivity contribution in [1.29, 1.82) is 0 Å². The van der Waals surface area contributed by atoms with E-state index in [1.54, 1.807) is 41.5 Å². The maximum atomic E-state index is 14.1. The molecule has 0 aromatic heterocycles. The third-order valence-electron chi connectivity index (χ3n) is 8.68. The van der Waals surface area contributed by atoms with Crippen LogP contribution in [0, 0.1) is 27.6 Å². The SMILES string of the molecule is CCCCC(CC)COC(=O)C(C)(CC(C)(C)C(=O)OCCCS(=O)(=O)[O-])CC(C)(CC(C)(CC)C(=O)OC)C(=O)OCCOC.[K+]. The average Bonchev–Trinajstić information content (AvgIpc) is 2.97. The van der Waals surface area contributed by atoms with Gasteiger partial charge >= 0.3 is 75.3 Å². The monoisotopic (exact) mass is 718 g/mol. The zero-order valence-corrected chi connectivity index (χ0v) is 34.7. The molecule has 0 aromatic carbocycles. The molecule has 47 heavy (non-hydrogen) atoms. The van der Waals surface area contributed by atoms with Gasteiger partial charge in [-0.1, -0.05) is 40.0 Å². The van der Waals surface area contributed by atoms with Crippen LogP contribution in [-0.2, 0) is 53.0 Å². The van der Waals surface area contributed by atoms with Crippen molar-refractivity contribution in [3.05, 3.63) is 0 Å². The molecule has 0 saturated heterocycles. The summed E-state index contributed by atoms with van der Waals surface area (Å²) < 4.78 is 59.8. The summed E-state index contributed by atoms with van der Waals surface area (Å²) in [5, 5.41) is 0. The Morgan fingerprint density at radius 3 is 1.72 bits per heavy atom. The average molecular weight is 719 g/mol. The van der Waals surface area contributed by atoms with Crippen LogP contribution in [0.2, 0.25) is 0 Å². The van der Waals surface area contributed by atoms with E-state index >= 15 is 0 Å². The van der Waals surface area contributed by atoms with Crippen LogP contribution in [0.3, 0.4) is 0 Å². The second-order valence-electron chi connectivity index (χ2n) is 13.8. The summed E-state index contributed by atoms with van der Waals surface area (Å²) >= 11 is 0. The van der Waals surface area contributed by atoms with Gasteiger partial charge < -0.3 is 28.2 Å². The number of ether oxygens (including phenoxy) is 5. The summed E-state index contributed by atoms with van der Waals surface area (Å²) in [4.78, 5) is 54.0. The third-order valence-corrected chi connectivity index (χ3v) is 9.46. The Balaban J connectivity index is 0. The van der Waals surface area contributed by atoms with Crippen LogP contribution in [0.15, 0.2) is 0 Å². The molecule has 4 unspecified atom stereocenters. The van der Waals surface area contributed by atoms with Gasteiger partial charge in [-0.15, -0.1) is 0 Å². The van der Waals surface area contributed by atoms with Gasteiger partial charge in [-0.2, -0.15) is 0 Å². The van der Waals surface area contributed by atoms with Gasteiger partial charge in [0.2, 0.25) is 0 Å². The molecule has 0 heterocycles. The summed E-state index contributed by atoms with van der Waals surface area (Å²) in [5.41, 5.74) is -5.24. The molecule has 4 atom stereocenters. The van der Waals surface area contributed by atoms with Crippen molar-refractivity contribution in [2.45, 2.75) is 113 Å². The predicted octanol–water partition coefficient (Wildman–Crippen LogP) is 2.22. The second kappa shape index (κ2) is 22.3. The summed E-state index contributed by atoms with van der Waals surface area (Å²) in [7, 11) is -1.73. The number of carbonyl (C=O) groups excluding carboxylic acids is 4. The smallest absolute Gasteiger partial charge is 0.748 e. The van der Waals surface area contributed by atoms with Gasteiger partial charge in [-0.05, 0) is 79.1 Å². The van der Waals surface area contributed by atoms with Crippen LogP contribution < -0.4 is 51.4 Å². The van der Waals surface area contributed by atoms with Crippen molar-refractivity contribution in [2.24, 2.45) is 27.6 Å². The van der Waals surface area contributed by atoms with Crippen molar-refractivity contribution in [3.8, 4) is 0 Å². The van der Waals surface area contributed by atoms with E-state index in [0.29, 0.717) is 6.42 Å². The molecule has 0 aliphatic carbocycles. The number of rotatable bonds is 24. The quantitative estimate of drug-likeness (QED) is 0.0469. The number of hydrogen-bond donors (Lipinski definition) is 0. The molecule has 12 nitrogen and oxygen atoms in total. The molecular formula is C33H59KO12S. The maximum Gasteiger partial charge on any atom is 1.00 e. The predicted molar refractivity (Wildman–Crippen MR) is 172 cm³/mol. The van der Waals surface area contributed by atoms with Crippen molar-refractivity contribution in [3.63, 3.8) is 0 Å². The van der Waals surface area contributed by atoms with Crippen LogP contribution >= 0.6 is 0 Å². The molecule has 0 aliphatic heterocycles. The topological polar surface area (TPSA) is 172 Å². The van der Waals surface area contributed by atoms with E-state index in [9.17, 15) is 32.1 Å². The minimum Gasteiger partial charge on any atom is -0.748 e. The van der Waals surface area contributed by atoms with Crippen molar-refractivity contribution in [1.82, 2.24) is 0 Å². The summed E-state index contributed by atoms with van der Waals surface area (Å²) in [6.45, 7) is 14.0. The third kappa shape index (κ3) is 17.2. The van der Waals surface area contributed by atoms with Gasteiger partial charge in [0.25, 0.3) is 0 Å². The zero-order chi connectivity index (χ0) is 35.8. The number of carbonyl (C=O) groups is 4. The first-order chi connectivity index (χ1) is 21.2. The van der Waals surface area contributed by atoms with Crippen LogP contribution in [0.25, 0.3) is 0 Å². The molecule has 0 radical (unpaired) electrons. The standard InChI is InChI=1S/C33H60O12S.K/c1-11-14-16-25(12-2)21-45-29(37)32(7,22-30(4,5)26(34)43-17-15-20-46(38,39)40)24-33(8,28(36)44-19-18-41-9)23-31(6,13-3)27(35)42-10;/h25H,11-24H2,1-10H3,(H,38,39,40);/q;+1/p-1. The van der Waals surface area contributed by atoms with Gasteiger partial charge in [0.1, 0.15) is 6.61 Å². The van der Waals surface area contributed by atoms with Crippen LogP contribution in [0.4, 0.5) is 0 Å². The van der Waals surface area contributed by atoms with E-state index in [4.69, 9.17) is 23.7 Å². The molecule has 270 valence electrons. The van der Waals surface area contributed by atoms with Gasteiger partial charge in [0.05, 0.1) is 58.7 Å². The van der Waals surface area contributed by atoms with E-state index in [-0.39, 0.29) is 109 Å². The van der Waals surface area contributed by atoms with Gasteiger partial charge in [-0.3, -0.25) is 19.2 Å². The Labute approximate surface area is 325 Å². The molecule has 0 bridgehead atoms. The Kier molecular flexibility index (Phi) is 23.0. The minimum absolute atomic E-state index is 0. The Morgan fingerprint density at radius 2 is 1.23 bits per heavy atom. The molecular weight excluding hydrogens is 660 g/mol. The Morgan fingerprint density at radius 1 is 0.702 bits per heavy atom. The van der Waals surface area contributed by atoms with Crippen LogP contribution in [0.5, 0.6) is 0 Å². The molecule has 0 fully saturated rings. The first-order valence-electron chi connectivity index (χ1n) is 16.2. The molecule has 0 rings (SSSR count). The van der Waals surface area contributed by atoms with Crippen molar-refractivity contribution >= 4 is 34.0 Å². The zero-order valence-electron chi connectivity index (χ0n) is 30.8. The van der Waals surface area contributed by atoms with Gasteiger partial charge in [0.15, 0.2) is 0 Å². The molecule has 0 spiro atoms. The minimum atomic E-state index is -4.47. The normalized spacial score (nSPS) is 16.3. The van der Waals surface area contributed by atoms with Crippen molar-refractivity contribution in [2.75, 3.05) is 46.4 Å². The second-order valence-corrected chi connectivity index (χ2v) is 15.4. The fourth-order valence-electron chi connectivity index (χ4n) is 6.03. The van der Waals surface area contributed by atoms with E-state index in [1.165, 1.54) is 14.2 Å². The number of methoxy groups -OCH3 is 2. The Bertz CT molecular complexity index is 1100. The summed E-state index contributed by atoms with van der Waals surface area (Å²) in [5.74, 6) is -3.01. The van der Waals surface area contributed by atoms with E-state index < -0.39 is 61.4 Å². The fourth-order valence-corrected chi connectivity index (χ4v) is 6.50. The van der Waals surface area contributed by atoms with E-state index in [2.05, 4.69) is 6.92 Å². The van der Waals surface area contributed by atoms with Gasteiger partial charge in [-0.25, -0.2) is 8.42 Å².